The van der Waals surface area contributed by atoms with E-state index < -0.39 is 10.0 Å². The third-order valence-corrected chi connectivity index (χ3v) is 4.67. The van der Waals surface area contributed by atoms with E-state index in [4.69, 9.17) is 4.74 Å². The Balaban J connectivity index is 2.07. The Hall–Kier alpha value is -2.81. The minimum absolute atomic E-state index is 0.144. The molecule has 8 nitrogen and oxygen atoms in total. The molecule has 3 rings (SSSR count). The van der Waals surface area contributed by atoms with Gasteiger partial charge in [0.1, 0.15) is 5.75 Å². The van der Waals surface area contributed by atoms with Crippen molar-refractivity contribution in [2.24, 2.45) is 0 Å². The first-order chi connectivity index (χ1) is 12.3. The molecule has 1 aliphatic heterocycles. The maximum atomic E-state index is 12.2. The van der Waals surface area contributed by atoms with E-state index >= 15 is 0 Å². The van der Waals surface area contributed by atoms with Crippen molar-refractivity contribution in [3.63, 3.8) is 0 Å². The highest BCUT2D eigenvalue weighted by Gasteiger charge is 2.29. The third kappa shape index (κ3) is 3.72. The number of amides is 1. The number of aromatic nitrogens is 2. The lowest BCUT2D eigenvalue weighted by atomic mass is 9.86. The monoisotopic (exact) mass is 376 g/mol. The maximum Gasteiger partial charge on any atom is 0.229 e. The molecule has 9 heteroatoms. The van der Waals surface area contributed by atoms with Crippen molar-refractivity contribution in [3.8, 4) is 5.75 Å². The summed E-state index contributed by atoms with van der Waals surface area (Å²) in [5.41, 5.74) is 2.57. The van der Waals surface area contributed by atoms with Crippen molar-refractivity contribution in [1.82, 2.24) is 9.78 Å². The van der Waals surface area contributed by atoms with Gasteiger partial charge in [-0.15, -0.1) is 6.58 Å². The number of carbonyl (C=O) groups excluding carboxylic acids is 1. The summed E-state index contributed by atoms with van der Waals surface area (Å²) >= 11 is 0. The van der Waals surface area contributed by atoms with Crippen LogP contribution in [-0.2, 0) is 21.4 Å². The van der Waals surface area contributed by atoms with Crippen LogP contribution in [0.3, 0.4) is 0 Å². The zero-order valence-corrected chi connectivity index (χ0v) is 15.3. The molecule has 1 atom stereocenters. The predicted molar refractivity (Wildman–Crippen MR) is 99.0 cm³/mol. The molecule has 0 saturated heterocycles. The largest absolute Gasteiger partial charge is 0.495 e. The zero-order chi connectivity index (χ0) is 18.9. The average molecular weight is 376 g/mol. The van der Waals surface area contributed by atoms with Gasteiger partial charge in [-0.25, -0.2) is 8.42 Å². The molecule has 1 aromatic carbocycles. The Morgan fingerprint density at radius 1 is 1.50 bits per heavy atom. The summed E-state index contributed by atoms with van der Waals surface area (Å²) in [5.74, 6) is 0.0433. The van der Waals surface area contributed by atoms with E-state index in [1.807, 2.05) is 6.20 Å². The van der Waals surface area contributed by atoms with E-state index in [2.05, 4.69) is 21.7 Å². The number of nitrogens with zero attached hydrogens (tertiary/aromatic N) is 2. The summed E-state index contributed by atoms with van der Waals surface area (Å²) < 4.78 is 32.6. The van der Waals surface area contributed by atoms with Crippen molar-refractivity contribution in [3.05, 3.63) is 48.3 Å². The zero-order valence-electron chi connectivity index (χ0n) is 14.5. The van der Waals surface area contributed by atoms with Crippen LogP contribution in [0.2, 0.25) is 0 Å². The van der Waals surface area contributed by atoms with Crippen LogP contribution in [0, 0.1) is 0 Å². The highest BCUT2D eigenvalue weighted by atomic mass is 32.2. The topological polar surface area (TPSA) is 102 Å². The van der Waals surface area contributed by atoms with Gasteiger partial charge in [-0.3, -0.25) is 14.2 Å². The van der Waals surface area contributed by atoms with Gasteiger partial charge in [-0.2, -0.15) is 5.10 Å². The summed E-state index contributed by atoms with van der Waals surface area (Å²) in [6.45, 7) is 4.27. The van der Waals surface area contributed by atoms with Crippen LogP contribution in [0.1, 0.15) is 23.5 Å². The smallest absolute Gasteiger partial charge is 0.229 e. The molecular weight excluding hydrogens is 356 g/mol. The highest BCUT2D eigenvalue weighted by molar-refractivity contribution is 7.92. The van der Waals surface area contributed by atoms with E-state index in [1.165, 1.54) is 7.11 Å². The van der Waals surface area contributed by atoms with Gasteiger partial charge in [-0.05, 0) is 23.3 Å². The first-order valence-corrected chi connectivity index (χ1v) is 9.82. The Morgan fingerprint density at radius 3 is 2.92 bits per heavy atom. The number of fused-ring (bicyclic) bond motifs is 1. The fourth-order valence-electron chi connectivity index (χ4n) is 3.03. The lowest BCUT2D eigenvalue weighted by molar-refractivity contribution is -0.116. The normalized spacial score (nSPS) is 16.5. The molecule has 26 heavy (non-hydrogen) atoms. The molecule has 0 saturated carbocycles. The number of nitrogens with one attached hydrogen (secondary N) is 2. The molecular formula is C17H20N4O4S. The molecule has 0 spiro atoms. The van der Waals surface area contributed by atoms with Crippen molar-refractivity contribution >= 4 is 27.3 Å². The molecule has 1 aromatic heterocycles. The Kier molecular flexibility index (Phi) is 4.73. The predicted octanol–water partition coefficient (Wildman–Crippen LogP) is 1.92. The highest BCUT2D eigenvalue weighted by Crippen LogP contribution is 2.42. The SMILES string of the molecule is C=CCn1cc([C@@H]2CC(=O)Nc3cc(NS(C)(=O)=O)c(OC)cc32)cn1. The molecule has 2 heterocycles. The van der Waals surface area contributed by atoms with Gasteiger partial charge in [0.05, 0.1) is 31.8 Å². The third-order valence-electron chi connectivity index (χ3n) is 4.08. The number of carbonyl (C=O) groups is 1. The molecule has 2 aromatic rings. The first-order valence-electron chi connectivity index (χ1n) is 7.93. The summed E-state index contributed by atoms with van der Waals surface area (Å²) in [4.78, 5) is 12.2. The van der Waals surface area contributed by atoms with Gasteiger partial charge in [-0.1, -0.05) is 6.08 Å². The van der Waals surface area contributed by atoms with Crippen LogP contribution in [-0.4, -0.2) is 37.5 Å². The molecule has 0 radical (unpaired) electrons. The molecule has 2 N–H and O–H groups in total. The summed E-state index contributed by atoms with van der Waals surface area (Å²) in [5, 5.41) is 7.07. The molecule has 1 aliphatic rings. The van der Waals surface area contributed by atoms with Crippen LogP contribution in [0.5, 0.6) is 5.75 Å². The van der Waals surface area contributed by atoms with Gasteiger partial charge >= 0.3 is 0 Å². The Labute approximate surface area is 151 Å². The molecule has 0 bridgehead atoms. The van der Waals surface area contributed by atoms with E-state index in [-0.39, 0.29) is 23.9 Å². The van der Waals surface area contributed by atoms with Crippen molar-refractivity contribution < 1.29 is 17.9 Å². The van der Waals surface area contributed by atoms with E-state index in [9.17, 15) is 13.2 Å². The fraction of sp³-hybridized carbons (Fsp3) is 0.294. The maximum absolute atomic E-state index is 12.2. The van der Waals surface area contributed by atoms with Gasteiger partial charge in [0, 0.05) is 24.2 Å². The summed E-state index contributed by atoms with van der Waals surface area (Å²) in [7, 11) is -2.02. The number of anilines is 2. The minimum atomic E-state index is -3.48. The number of hydrogen-bond donors (Lipinski definition) is 2. The lowest BCUT2D eigenvalue weighted by Gasteiger charge is -2.26. The van der Waals surface area contributed by atoms with E-state index in [1.54, 1.807) is 29.1 Å². The Bertz CT molecular complexity index is 965. The first kappa shape index (κ1) is 18.0. The van der Waals surface area contributed by atoms with Crippen LogP contribution in [0.4, 0.5) is 11.4 Å². The van der Waals surface area contributed by atoms with Gasteiger partial charge in [0.15, 0.2) is 0 Å². The van der Waals surface area contributed by atoms with E-state index in [0.29, 0.717) is 18.0 Å². The van der Waals surface area contributed by atoms with Gasteiger partial charge < -0.3 is 10.1 Å². The van der Waals surface area contributed by atoms with Crippen molar-refractivity contribution in [1.29, 1.82) is 0 Å². The second-order valence-electron chi connectivity index (χ2n) is 6.10. The van der Waals surface area contributed by atoms with Gasteiger partial charge in [0.25, 0.3) is 0 Å². The molecule has 0 aliphatic carbocycles. The quantitative estimate of drug-likeness (QED) is 0.750. The average Bonchev–Trinajstić information content (AvgIpc) is 3.01. The molecule has 1 amide bonds. The van der Waals surface area contributed by atoms with Crippen molar-refractivity contribution in [2.45, 2.75) is 18.9 Å². The molecule has 138 valence electrons. The number of sulfonamides is 1. The van der Waals surface area contributed by atoms with Crippen LogP contribution in [0.15, 0.2) is 37.2 Å². The molecule has 0 unspecified atom stereocenters. The number of ether oxygens (including phenoxy) is 1. The number of allylic oxidation sites excluding steroid dienone is 1. The summed E-state index contributed by atoms with van der Waals surface area (Å²) in [6.07, 6.45) is 6.68. The second kappa shape index (κ2) is 6.83. The fourth-order valence-corrected chi connectivity index (χ4v) is 3.59. The van der Waals surface area contributed by atoms with Crippen LogP contribution >= 0.6 is 0 Å². The second-order valence-corrected chi connectivity index (χ2v) is 7.85. The number of rotatable bonds is 6. The Morgan fingerprint density at radius 2 is 2.27 bits per heavy atom. The van der Waals surface area contributed by atoms with Crippen LogP contribution in [0.25, 0.3) is 0 Å². The minimum Gasteiger partial charge on any atom is -0.495 e. The molecule has 0 fully saturated rings. The standard InChI is InChI=1S/C17H20N4O4S/c1-4-5-21-10-11(9-18-21)12-7-17(22)19-14-8-15(20-26(3,23)24)16(25-2)6-13(12)14/h4,6,8-10,12,20H,1,5,7H2,2-3H3,(H,19,22)/t12-/m0/s1. The summed E-state index contributed by atoms with van der Waals surface area (Å²) in [6, 6.07) is 3.32. The van der Waals surface area contributed by atoms with Crippen molar-refractivity contribution in [2.75, 3.05) is 23.4 Å². The van der Waals surface area contributed by atoms with Gasteiger partial charge in [0.2, 0.25) is 15.9 Å². The van der Waals surface area contributed by atoms with E-state index in [0.717, 1.165) is 17.4 Å². The number of benzene rings is 1. The number of methoxy groups -OCH3 is 1. The van der Waals surface area contributed by atoms with Crippen LogP contribution < -0.4 is 14.8 Å². The number of hydrogen-bond acceptors (Lipinski definition) is 5. The lowest BCUT2D eigenvalue weighted by Crippen LogP contribution is -2.24.